The molecule has 26 heavy (non-hydrogen) atoms. The molecule has 0 radical (unpaired) electrons. The number of unbranched alkanes of at least 4 members (excludes halogenated alkanes) is 5. The summed E-state index contributed by atoms with van der Waals surface area (Å²) in [5.41, 5.74) is 2.47. The van der Waals surface area contributed by atoms with Gasteiger partial charge in [-0.3, -0.25) is 4.79 Å². The van der Waals surface area contributed by atoms with Gasteiger partial charge in [0.15, 0.2) is 0 Å². The van der Waals surface area contributed by atoms with E-state index in [-0.39, 0.29) is 5.91 Å². The molecule has 1 heterocycles. The zero-order chi connectivity index (χ0) is 18.5. The van der Waals surface area contributed by atoms with Gasteiger partial charge in [0.25, 0.3) is 0 Å². The van der Waals surface area contributed by atoms with Gasteiger partial charge in [-0.2, -0.15) is 0 Å². The molecule has 0 aliphatic carbocycles. The molecule has 0 fully saturated rings. The Balaban J connectivity index is 1.46. The Labute approximate surface area is 158 Å². The van der Waals surface area contributed by atoms with E-state index in [1.54, 1.807) is 0 Å². The van der Waals surface area contributed by atoms with Gasteiger partial charge in [-0.1, -0.05) is 57.2 Å². The molecule has 0 saturated carbocycles. The number of H-pyrrole nitrogens is 1. The fourth-order valence-electron chi connectivity index (χ4n) is 3.31. The highest BCUT2D eigenvalue weighted by atomic mass is 16.1. The van der Waals surface area contributed by atoms with Crippen LogP contribution in [0.1, 0.15) is 63.9 Å². The number of amides is 1. The van der Waals surface area contributed by atoms with Crippen molar-refractivity contribution < 1.29 is 4.79 Å². The zero-order valence-electron chi connectivity index (χ0n) is 16.3. The first-order chi connectivity index (χ1) is 12.8. The van der Waals surface area contributed by atoms with Crippen molar-refractivity contribution in [1.29, 1.82) is 0 Å². The highest BCUT2D eigenvalue weighted by Crippen LogP contribution is 2.19. The molecule has 1 amide bonds. The number of hydrogen-bond acceptors (Lipinski definition) is 2. The standard InChI is InChI=1S/C22H35N3O/c1-2-3-4-5-6-9-15-23-16-17-24-22(26)14-10-11-19-18-25-21-13-8-7-12-20(19)21/h7-8,12-13,18,23,25H,2-6,9-11,14-17H2,1H3,(H,24,26). The van der Waals surface area contributed by atoms with E-state index in [2.05, 4.69) is 46.9 Å². The maximum absolute atomic E-state index is 11.9. The second kappa shape index (κ2) is 12.5. The molecule has 0 atom stereocenters. The molecule has 4 nitrogen and oxygen atoms in total. The van der Waals surface area contributed by atoms with Gasteiger partial charge in [0.05, 0.1) is 0 Å². The third-order valence-corrected chi connectivity index (χ3v) is 4.86. The molecule has 1 aromatic carbocycles. The molecule has 2 aromatic rings. The van der Waals surface area contributed by atoms with Crippen LogP contribution in [0.2, 0.25) is 0 Å². The van der Waals surface area contributed by atoms with E-state index in [4.69, 9.17) is 0 Å². The number of aromatic amines is 1. The van der Waals surface area contributed by atoms with Crippen LogP contribution in [0.5, 0.6) is 0 Å². The van der Waals surface area contributed by atoms with Crippen molar-refractivity contribution in [3.05, 3.63) is 36.0 Å². The maximum atomic E-state index is 11.9. The zero-order valence-corrected chi connectivity index (χ0v) is 16.3. The highest BCUT2D eigenvalue weighted by Gasteiger charge is 2.05. The second-order valence-corrected chi connectivity index (χ2v) is 7.08. The van der Waals surface area contributed by atoms with Crippen molar-refractivity contribution in [2.75, 3.05) is 19.6 Å². The van der Waals surface area contributed by atoms with Gasteiger partial charge in [-0.15, -0.1) is 0 Å². The van der Waals surface area contributed by atoms with E-state index in [1.165, 1.54) is 55.0 Å². The van der Waals surface area contributed by atoms with Gasteiger partial charge in [0, 0.05) is 36.6 Å². The number of fused-ring (bicyclic) bond motifs is 1. The van der Waals surface area contributed by atoms with Crippen LogP contribution in [-0.4, -0.2) is 30.5 Å². The molecule has 4 heteroatoms. The Hall–Kier alpha value is -1.81. The fraction of sp³-hybridized carbons (Fsp3) is 0.591. The predicted molar refractivity (Wildman–Crippen MR) is 110 cm³/mol. The van der Waals surface area contributed by atoms with Crippen LogP contribution in [0.25, 0.3) is 10.9 Å². The van der Waals surface area contributed by atoms with Crippen LogP contribution in [0.4, 0.5) is 0 Å². The van der Waals surface area contributed by atoms with E-state index >= 15 is 0 Å². The Morgan fingerprint density at radius 1 is 0.962 bits per heavy atom. The summed E-state index contributed by atoms with van der Waals surface area (Å²) in [7, 11) is 0. The Bertz CT molecular complexity index is 635. The van der Waals surface area contributed by atoms with Crippen molar-refractivity contribution >= 4 is 16.8 Å². The quantitative estimate of drug-likeness (QED) is 0.434. The largest absolute Gasteiger partial charge is 0.361 e. The van der Waals surface area contributed by atoms with Gasteiger partial charge in [-0.25, -0.2) is 0 Å². The molecule has 2 rings (SSSR count). The first kappa shape index (κ1) is 20.5. The lowest BCUT2D eigenvalue weighted by molar-refractivity contribution is -0.121. The summed E-state index contributed by atoms with van der Waals surface area (Å²) < 4.78 is 0. The average molecular weight is 358 g/mol. The number of nitrogens with one attached hydrogen (secondary N) is 3. The Morgan fingerprint density at radius 2 is 1.77 bits per heavy atom. The van der Waals surface area contributed by atoms with Crippen molar-refractivity contribution in [2.45, 2.75) is 64.7 Å². The van der Waals surface area contributed by atoms with Crippen LogP contribution in [0.15, 0.2) is 30.5 Å². The summed E-state index contributed by atoms with van der Waals surface area (Å²) in [6.07, 6.45) is 12.4. The Morgan fingerprint density at radius 3 is 2.65 bits per heavy atom. The van der Waals surface area contributed by atoms with Crippen molar-refractivity contribution in [3.8, 4) is 0 Å². The van der Waals surface area contributed by atoms with E-state index in [9.17, 15) is 4.79 Å². The second-order valence-electron chi connectivity index (χ2n) is 7.08. The topological polar surface area (TPSA) is 56.9 Å². The van der Waals surface area contributed by atoms with Crippen LogP contribution in [0, 0.1) is 0 Å². The lowest BCUT2D eigenvalue weighted by Crippen LogP contribution is -2.32. The third-order valence-electron chi connectivity index (χ3n) is 4.86. The first-order valence-electron chi connectivity index (χ1n) is 10.3. The number of carbonyl (C=O) groups excluding carboxylic acids is 1. The molecule has 1 aromatic heterocycles. The van der Waals surface area contributed by atoms with Crippen LogP contribution in [-0.2, 0) is 11.2 Å². The van der Waals surface area contributed by atoms with E-state index in [0.717, 1.165) is 32.5 Å². The highest BCUT2D eigenvalue weighted by molar-refractivity contribution is 5.83. The number of rotatable bonds is 14. The fourth-order valence-corrected chi connectivity index (χ4v) is 3.31. The number of aryl methyl sites for hydroxylation is 1. The summed E-state index contributed by atoms with van der Waals surface area (Å²) in [5, 5.41) is 7.69. The minimum absolute atomic E-state index is 0.159. The van der Waals surface area contributed by atoms with Gasteiger partial charge >= 0.3 is 0 Å². The molecule has 0 saturated heterocycles. The maximum Gasteiger partial charge on any atom is 0.220 e. The number of para-hydroxylation sites is 1. The summed E-state index contributed by atoms with van der Waals surface area (Å²) in [6.45, 7) is 4.89. The molecule has 144 valence electrons. The minimum Gasteiger partial charge on any atom is -0.361 e. The lowest BCUT2D eigenvalue weighted by atomic mass is 10.1. The van der Waals surface area contributed by atoms with Crippen molar-refractivity contribution in [2.24, 2.45) is 0 Å². The molecule has 0 aliphatic rings. The predicted octanol–water partition coefficient (Wildman–Crippen LogP) is 4.56. The average Bonchev–Trinajstić information content (AvgIpc) is 3.06. The summed E-state index contributed by atoms with van der Waals surface area (Å²) >= 11 is 0. The third kappa shape index (κ3) is 7.61. The molecule has 0 aliphatic heterocycles. The number of aromatic nitrogens is 1. The number of benzene rings is 1. The lowest BCUT2D eigenvalue weighted by Gasteiger charge is -2.07. The SMILES string of the molecule is CCCCCCCCNCCNC(=O)CCCc1c[nH]c2ccccc12. The normalized spacial score (nSPS) is 11.1. The summed E-state index contributed by atoms with van der Waals surface area (Å²) in [6, 6.07) is 8.32. The monoisotopic (exact) mass is 357 g/mol. The number of hydrogen-bond donors (Lipinski definition) is 3. The van der Waals surface area contributed by atoms with E-state index in [1.807, 2.05) is 6.07 Å². The molecule has 0 unspecified atom stereocenters. The molecular weight excluding hydrogens is 322 g/mol. The molecule has 3 N–H and O–H groups in total. The van der Waals surface area contributed by atoms with Crippen LogP contribution in [0.3, 0.4) is 0 Å². The van der Waals surface area contributed by atoms with Crippen molar-refractivity contribution in [3.63, 3.8) is 0 Å². The van der Waals surface area contributed by atoms with Crippen LogP contribution < -0.4 is 10.6 Å². The summed E-state index contributed by atoms with van der Waals surface area (Å²) in [5.74, 6) is 0.159. The van der Waals surface area contributed by atoms with Gasteiger partial charge < -0.3 is 15.6 Å². The Kier molecular flexibility index (Phi) is 9.88. The molecular formula is C22H35N3O. The first-order valence-corrected chi connectivity index (χ1v) is 10.3. The minimum atomic E-state index is 0.159. The van der Waals surface area contributed by atoms with Gasteiger partial charge in [0.2, 0.25) is 5.91 Å². The van der Waals surface area contributed by atoms with E-state index < -0.39 is 0 Å². The molecule has 0 bridgehead atoms. The molecule has 0 spiro atoms. The smallest absolute Gasteiger partial charge is 0.220 e. The number of carbonyl (C=O) groups is 1. The summed E-state index contributed by atoms with van der Waals surface area (Å²) in [4.78, 5) is 15.2. The van der Waals surface area contributed by atoms with E-state index in [0.29, 0.717) is 6.42 Å². The van der Waals surface area contributed by atoms with Crippen molar-refractivity contribution in [1.82, 2.24) is 15.6 Å². The van der Waals surface area contributed by atoms with Gasteiger partial charge in [-0.05, 0) is 37.4 Å². The van der Waals surface area contributed by atoms with Crippen LogP contribution >= 0.6 is 0 Å². The van der Waals surface area contributed by atoms with Gasteiger partial charge in [0.1, 0.15) is 0 Å².